The number of esters is 1. The highest BCUT2D eigenvalue weighted by Crippen LogP contribution is 2.38. The molecule has 0 aliphatic heterocycles. The van der Waals surface area contributed by atoms with Crippen molar-refractivity contribution in [1.82, 2.24) is 4.90 Å². The molecule has 1 unspecified atom stereocenters. The van der Waals surface area contributed by atoms with Gasteiger partial charge in [-0.1, -0.05) is 65.0 Å². The molecule has 0 fully saturated rings. The van der Waals surface area contributed by atoms with Crippen LogP contribution in [0, 0.1) is 5.92 Å². The summed E-state index contributed by atoms with van der Waals surface area (Å²) >= 11 is 0. The van der Waals surface area contributed by atoms with Gasteiger partial charge in [-0.15, -0.1) is 0 Å². The lowest BCUT2D eigenvalue weighted by molar-refractivity contribution is -0.143. The maximum Gasteiger partial charge on any atom is 0.343 e. The van der Waals surface area contributed by atoms with Crippen molar-refractivity contribution in [1.29, 1.82) is 0 Å². The fourth-order valence-electron chi connectivity index (χ4n) is 2.42. The Morgan fingerprint density at radius 1 is 1.10 bits per heavy atom. The van der Waals surface area contributed by atoms with E-state index in [2.05, 4.69) is 33.9 Å². The van der Waals surface area contributed by atoms with Gasteiger partial charge in [0.1, 0.15) is 18.3 Å². The lowest BCUT2D eigenvalue weighted by Gasteiger charge is -2.40. The summed E-state index contributed by atoms with van der Waals surface area (Å²) in [4.78, 5) is 27.9. The van der Waals surface area contributed by atoms with Crippen LogP contribution in [0.3, 0.4) is 0 Å². The molecule has 0 amide bonds. The standard InChI is InChI=1S/C23H37NO4Si/c1-17(2)21(28-29(8,9)23(3,4)5)20(25)19(15-24(6)7)22(26)27-16-18-13-11-10-12-14-18/h10-15,17,21H,16H2,1-9H3. The van der Waals surface area contributed by atoms with Crippen molar-refractivity contribution in [3.05, 3.63) is 47.7 Å². The van der Waals surface area contributed by atoms with Crippen LogP contribution in [0.1, 0.15) is 40.2 Å². The summed E-state index contributed by atoms with van der Waals surface area (Å²) in [5.41, 5.74) is 0.888. The summed E-state index contributed by atoms with van der Waals surface area (Å²) in [7, 11) is 1.35. The van der Waals surface area contributed by atoms with Crippen molar-refractivity contribution >= 4 is 20.1 Å². The fourth-order valence-corrected chi connectivity index (χ4v) is 3.78. The van der Waals surface area contributed by atoms with E-state index in [-0.39, 0.29) is 28.9 Å². The topological polar surface area (TPSA) is 55.8 Å². The molecule has 1 rings (SSSR count). The monoisotopic (exact) mass is 419 g/mol. The van der Waals surface area contributed by atoms with Gasteiger partial charge in [0.15, 0.2) is 14.1 Å². The van der Waals surface area contributed by atoms with Crippen LogP contribution < -0.4 is 0 Å². The SMILES string of the molecule is CC(C)C(O[Si](C)(C)C(C)(C)C)C(=O)C(=CN(C)C)C(=O)OCc1ccccc1. The Labute approximate surface area is 177 Å². The summed E-state index contributed by atoms with van der Waals surface area (Å²) in [6.07, 6.45) is 0.839. The number of carbonyl (C=O) groups excluding carboxylic acids is 2. The largest absolute Gasteiger partial charge is 0.457 e. The van der Waals surface area contributed by atoms with Crippen molar-refractivity contribution in [3.8, 4) is 0 Å². The average Bonchev–Trinajstić information content (AvgIpc) is 2.61. The normalized spacial score (nSPS) is 13.9. The lowest BCUT2D eigenvalue weighted by atomic mass is 9.98. The Hall–Kier alpha value is -1.92. The zero-order valence-corrected chi connectivity index (χ0v) is 20.4. The molecule has 29 heavy (non-hydrogen) atoms. The van der Waals surface area contributed by atoms with Crippen molar-refractivity contribution in [2.75, 3.05) is 14.1 Å². The Kier molecular flexibility index (Phi) is 8.84. The van der Waals surface area contributed by atoms with E-state index >= 15 is 0 Å². The molecular weight excluding hydrogens is 382 g/mol. The second kappa shape index (κ2) is 10.2. The molecule has 6 heteroatoms. The summed E-state index contributed by atoms with van der Waals surface area (Å²) < 4.78 is 11.9. The summed E-state index contributed by atoms with van der Waals surface area (Å²) in [5.74, 6) is -1.02. The van der Waals surface area contributed by atoms with Gasteiger partial charge in [0.2, 0.25) is 0 Å². The second-order valence-electron chi connectivity index (χ2n) is 9.48. The van der Waals surface area contributed by atoms with Crippen LogP contribution in [-0.2, 0) is 25.4 Å². The maximum atomic E-state index is 13.4. The van der Waals surface area contributed by atoms with Crippen LogP contribution in [0.2, 0.25) is 18.1 Å². The number of Topliss-reactive ketones (excluding diaryl/α,β-unsaturated/α-hetero) is 1. The number of ketones is 1. The molecule has 0 aliphatic rings. The maximum absolute atomic E-state index is 13.4. The predicted molar refractivity (Wildman–Crippen MR) is 120 cm³/mol. The van der Waals surface area contributed by atoms with E-state index in [1.165, 1.54) is 6.20 Å². The predicted octanol–water partition coefficient (Wildman–Crippen LogP) is 4.79. The molecule has 0 bridgehead atoms. The molecule has 5 nitrogen and oxygen atoms in total. The zero-order chi connectivity index (χ0) is 22.4. The first-order valence-corrected chi connectivity index (χ1v) is 13.0. The van der Waals surface area contributed by atoms with E-state index in [0.717, 1.165) is 5.56 Å². The highest BCUT2D eigenvalue weighted by molar-refractivity contribution is 6.74. The minimum atomic E-state index is -2.20. The molecule has 0 aliphatic carbocycles. The smallest absolute Gasteiger partial charge is 0.343 e. The van der Waals surface area contributed by atoms with Gasteiger partial charge in [-0.05, 0) is 29.6 Å². The molecule has 0 radical (unpaired) electrons. The fraction of sp³-hybridized carbons (Fsp3) is 0.565. The van der Waals surface area contributed by atoms with E-state index in [4.69, 9.17) is 9.16 Å². The minimum Gasteiger partial charge on any atom is -0.457 e. The van der Waals surface area contributed by atoms with Crippen LogP contribution in [0.5, 0.6) is 0 Å². The van der Waals surface area contributed by atoms with Gasteiger partial charge in [-0.25, -0.2) is 4.79 Å². The van der Waals surface area contributed by atoms with Crippen molar-refractivity contribution in [2.45, 2.75) is 65.5 Å². The highest BCUT2D eigenvalue weighted by Gasteiger charge is 2.42. The van der Waals surface area contributed by atoms with E-state index in [1.807, 2.05) is 44.2 Å². The van der Waals surface area contributed by atoms with Gasteiger partial charge >= 0.3 is 5.97 Å². The first kappa shape index (κ1) is 25.1. The molecule has 0 saturated carbocycles. The third kappa shape index (κ3) is 7.44. The van der Waals surface area contributed by atoms with E-state index in [9.17, 15) is 9.59 Å². The Morgan fingerprint density at radius 3 is 2.10 bits per heavy atom. The second-order valence-corrected chi connectivity index (χ2v) is 14.2. The molecule has 1 aromatic carbocycles. The van der Waals surface area contributed by atoms with E-state index in [0.29, 0.717) is 0 Å². The average molecular weight is 420 g/mol. The van der Waals surface area contributed by atoms with Gasteiger partial charge in [0, 0.05) is 20.3 Å². The van der Waals surface area contributed by atoms with Crippen LogP contribution in [0.15, 0.2) is 42.1 Å². The first-order valence-electron chi connectivity index (χ1n) is 10.1. The molecule has 0 spiro atoms. The van der Waals surface area contributed by atoms with Gasteiger partial charge in [0.05, 0.1) is 0 Å². The van der Waals surface area contributed by atoms with Crippen LogP contribution >= 0.6 is 0 Å². The molecule has 162 valence electrons. The Bertz CT molecular complexity index is 718. The van der Waals surface area contributed by atoms with Crippen molar-refractivity contribution in [2.24, 2.45) is 5.92 Å². The third-order valence-corrected chi connectivity index (χ3v) is 9.63. The zero-order valence-electron chi connectivity index (χ0n) is 19.4. The molecule has 0 saturated heterocycles. The molecule has 1 atom stereocenters. The first-order chi connectivity index (χ1) is 13.3. The molecule has 0 heterocycles. The molecular formula is C23H37NO4Si. The number of hydrogen-bond donors (Lipinski definition) is 0. The van der Waals surface area contributed by atoms with Gasteiger partial charge in [0.25, 0.3) is 0 Å². The van der Waals surface area contributed by atoms with Crippen LogP contribution in [0.25, 0.3) is 0 Å². The highest BCUT2D eigenvalue weighted by atomic mass is 28.4. The quantitative estimate of drug-likeness (QED) is 0.189. The summed E-state index contributed by atoms with van der Waals surface area (Å²) in [6.45, 7) is 14.6. The molecule has 0 N–H and O–H groups in total. The van der Waals surface area contributed by atoms with Gasteiger partial charge < -0.3 is 14.1 Å². The Morgan fingerprint density at radius 2 is 1.66 bits per heavy atom. The van der Waals surface area contributed by atoms with Gasteiger partial charge in [-0.3, -0.25) is 4.79 Å². The minimum absolute atomic E-state index is 0.0170. The van der Waals surface area contributed by atoms with Crippen molar-refractivity contribution < 1.29 is 18.8 Å². The third-order valence-electron chi connectivity index (χ3n) is 5.18. The van der Waals surface area contributed by atoms with Crippen LogP contribution in [0.4, 0.5) is 0 Å². The van der Waals surface area contributed by atoms with E-state index < -0.39 is 20.4 Å². The number of hydrogen-bond acceptors (Lipinski definition) is 5. The number of nitrogens with zero attached hydrogens (tertiary/aromatic N) is 1. The lowest BCUT2D eigenvalue weighted by Crippen LogP contribution is -2.48. The summed E-state index contributed by atoms with van der Waals surface area (Å²) in [5, 5.41) is -0.0420. The Balaban J connectivity index is 3.10. The number of carbonyl (C=O) groups is 2. The number of benzene rings is 1. The van der Waals surface area contributed by atoms with Crippen molar-refractivity contribution in [3.63, 3.8) is 0 Å². The number of rotatable bonds is 9. The van der Waals surface area contributed by atoms with Crippen LogP contribution in [-0.4, -0.2) is 45.2 Å². The van der Waals surface area contributed by atoms with E-state index in [1.54, 1.807) is 19.0 Å². The summed E-state index contributed by atoms with van der Waals surface area (Å²) in [6, 6.07) is 9.42. The van der Waals surface area contributed by atoms with Gasteiger partial charge in [-0.2, -0.15) is 0 Å². The number of ether oxygens (including phenoxy) is 1. The molecule has 1 aromatic rings. The molecule has 0 aromatic heterocycles.